The van der Waals surface area contributed by atoms with Crippen molar-refractivity contribution in [2.45, 2.75) is 39.9 Å². The molecule has 1 amide bonds. The van der Waals surface area contributed by atoms with E-state index in [4.69, 9.17) is 9.84 Å². The fraction of sp³-hybridized carbons (Fsp3) is 0.800. The van der Waals surface area contributed by atoms with Crippen LogP contribution in [0.1, 0.15) is 27.7 Å². The molecule has 0 heterocycles. The van der Waals surface area contributed by atoms with Crippen LogP contribution in [0.3, 0.4) is 0 Å². The van der Waals surface area contributed by atoms with Gasteiger partial charge in [0, 0.05) is 13.1 Å². The number of aliphatic carboxylic acids is 1. The molecule has 5 heteroatoms. The number of carbonyl (C=O) groups is 2. The van der Waals surface area contributed by atoms with Gasteiger partial charge >= 0.3 is 5.97 Å². The van der Waals surface area contributed by atoms with Gasteiger partial charge in [0.25, 0.3) is 5.91 Å². The van der Waals surface area contributed by atoms with Crippen LogP contribution in [0.25, 0.3) is 0 Å². The number of hydrogen-bond acceptors (Lipinski definition) is 3. The number of ether oxygens (including phenoxy) is 1. The normalized spacial score (nSPS) is 14.4. The Morgan fingerprint density at radius 1 is 1.20 bits per heavy atom. The maximum absolute atomic E-state index is 11.7. The van der Waals surface area contributed by atoms with E-state index in [-0.39, 0.29) is 5.91 Å². The summed E-state index contributed by atoms with van der Waals surface area (Å²) in [6, 6.07) is 0. The van der Waals surface area contributed by atoms with Crippen LogP contribution in [-0.4, -0.2) is 47.2 Å². The molecule has 0 aromatic rings. The highest BCUT2D eigenvalue weighted by molar-refractivity contribution is 5.81. The third kappa shape index (κ3) is 4.29. The topological polar surface area (TPSA) is 66.8 Å². The molecule has 0 spiro atoms. The Morgan fingerprint density at radius 3 is 2.00 bits per heavy atom. The number of amides is 1. The van der Waals surface area contributed by atoms with Gasteiger partial charge in [0.2, 0.25) is 0 Å². The summed E-state index contributed by atoms with van der Waals surface area (Å²) in [6.45, 7) is 7.92. The van der Waals surface area contributed by atoms with Gasteiger partial charge in [-0.3, -0.25) is 4.79 Å². The summed E-state index contributed by atoms with van der Waals surface area (Å²) in [7, 11) is 0. The van der Waals surface area contributed by atoms with Gasteiger partial charge < -0.3 is 14.7 Å². The fourth-order valence-electron chi connectivity index (χ4n) is 1.21. The highest BCUT2D eigenvalue weighted by atomic mass is 16.5. The average Bonchev–Trinajstić information content (AvgIpc) is 2.19. The zero-order valence-electron chi connectivity index (χ0n) is 9.69. The van der Waals surface area contributed by atoms with Gasteiger partial charge in [-0.2, -0.15) is 0 Å². The van der Waals surface area contributed by atoms with Crippen molar-refractivity contribution < 1.29 is 19.4 Å². The Bertz CT molecular complexity index is 225. The average molecular weight is 217 g/mol. The van der Waals surface area contributed by atoms with Crippen LogP contribution in [0.4, 0.5) is 0 Å². The zero-order valence-corrected chi connectivity index (χ0v) is 9.69. The van der Waals surface area contributed by atoms with Crippen molar-refractivity contribution in [3.8, 4) is 0 Å². The van der Waals surface area contributed by atoms with Gasteiger partial charge in [-0.15, -0.1) is 0 Å². The first-order valence-corrected chi connectivity index (χ1v) is 5.11. The van der Waals surface area contributed by atoms with E-state index in [0.29, 0.717) is 13.1 Å². The van der Waals surface area contributed by atoms with Crippen molar-refractivity contribution in [1.29, 1.82) is 0 Å². The van der Waals surface area contributed by atoms with Gasteiger partial charge in [0.05, 0.1) is 0 Å². The molecule has 0 radical (unpaired) electrons. The summed E-state index contributed by atoms with van der Waals surface area (Å²) >= 11 is 0. The second-order valence-electron chi connectivity index (χ2n) is 3.27. The number of rotatable bonds is 6. The molecule has 2 unspecified atom stereocenters. The second-order valence-corrected chi connectivity index (χ2v) is 3.27. The van der Waals surface area contributed by atoms with Crippen LogP contribution in [0.15, 0.2) is 0 Å². The molecule has 0 aliphatic rings. The van der Waals surface area contributed by atoms with Crippen LogP contribution >= 0.6 is 0 Å². The largest absolute Gasteiger partial charge is 0.479 e. The molecule has 88 valence electrons. The van der Waals surface area contributed by atoms with Gasteiger partial charge in [-0.25, -0.2) is 4.79 Å². The van der Waals surface area contributed by atoms with Gasteiger partial charge in [0.15, 0.2) is 6.10 Å². The zero-order chi connectivity index (χ0) is 12.0. The lowest BCUT2D eigenvalue weighted by Gasteiger charge is -2.24. The summed E-state index contributed by atoms with van der Waals surface area (Å²) in [4.78, 5) is 23.8. The van der Waals surface area contributed by atoms with E-state index >= 15 is 0 Å². The predicted octanol–water partition coefficient (Wildman–Crippen LogP) is 0.733. The summed E-state index contributed by atoms with van der Waals surface area (Å²) in [5, 5.41) is 8.62. The summed E-state index contributed by atoms with van der Waals surface area (Å²) < 4.78 is 5.07. The molecule has 0 aromatic carbocycles. The molecule has 1 N–H and O–H groups in total. The number of carboxylic acid groups (broad SMARTS) is 1. The van der Waals surface area contributed by atoms with Crippen molar-refractivity contribution in [2.75, 3.05) is 13.1 Å². The van der Waals surface area contributed by atoms with Gasteiger partial charge in [-0.1, -0.05) is 0 Å². The summed E-state index contributed by atoms with van der Waals surface area (Å²) in [6.07, 6.45) is -1.67. The first-order chi connectivity index (χ1) is 6.93. The molecular weight excluding hydrogens is 198 g/mol. The minimum Gasteiger partial charge on any atom is -0.479 e. The molecule has 0 aliphatic heterocycles. The van der Waals surface area contributed by atoms with Crippen molar-refractivity contribution in [2.24, 2.45) is 0 Å². The summed E-state index contributed by atoms with van der Waals surface area (Å²) in [5.41, 5.74) is 0. The quantitative estimate of drug-likeness (QED) is 0.712. The third-order valence-corrected chi connectivity index (χ3v) is 2.18. The fourth-order valence-corrected chi connectivity index (χ4v) is 1.21. The number of nitrogens with zero attached hydrogens (tertiary/aromatic N) is 1. The maximum atomic E-state index is 11.7. The lowest BCUT2D eigenvalue weighted by molar-refractivity contribution is -0.159. The van der Waals surface area contributed by atoms with E-state index in [1.54, 1.807) is 11.8 Å². The molecular formula is C10H19NO4. The number of likely N-dealkylation sites (N-methyl/N-ethyl adjacent to an activating group) is 1. The SMILES string of the molecule is CCN(CC)C(=O)C(C)OC(C)C(=O)O. The van der Waals surface area contributed by atoms with Crippen molar-refractivity contribution in [3.63, 3.8) is 0 Å². The Labute approximate surface area is 90.0 Å². The highest BCUT2D eigenvalue weighted by Gasteiger charge is 2.23. The van der Waals surface area contributed by atoms with E-state index in [9.17, 15) is 9.59 Å². The van der Waals surface area contributed by atoms with Crippen LogP contribution < -0.4 is 0 Å². The molecule has 2 atom stereocenters. The molecule has 15 heavy (non-hydrogen) atoms. The van der Waals surface area contributed by atoms with Crippen LogP contribution in [0, 0.1) is 0 Å². The van der Waals surface area contributed by atoms with Crippen LogP contribution in [-0.2, 0) is 14.3 Å². The minimum atomic E-state index is -1.06. The van der Waals surface area contributed by atoms with E-state index < -0.39 is 18.2 Å². The monoisotopic (exact) mass is 217 g/mol. The Balaban J connectivity index is 4.26. The number of carboxylic acids is 1. The first-order valence-electron chi connectivity index (χ1n) is 5.11. The summed E-state index contributed by atoms with van der Waals surface area (Å²) in [5.74, 6) is -1.23. The van der Waals surface area contributed by atoms with E-state index in [0.717, 1.165) is 0 Å². The van der Waals surface area contributed by atoms with E-state index in [1.165, 1.54) is 6.92 Å². The van der Waals surface area contributed by atoms with Crippen molar-refractivity contribution in [3.05, 3.63) is 0 Å². The maximum Gasteiger partial charge on any atom is 0.332 e. The smallest absolute Gasteiger partial charge is 0.332 e. The van der Waals surface area contributed by atoms with E-state index in [2.05, 4.69) is 0 Å². The lowest BCUT2D eigenvalue weighted by Crippen LogP contribution is -2.41. The van der Waals surface area contributed by atoms with E-state index in [1.807, 2.05) is 13.8 Å². The number of carbonyl (C=O) groups excluding carboxylic acids is 1. The Kier molecular flexibility index (Phi) is 5.93. The first kappa shape index (κ1) is 13.9. The van der Waals surface area contributed by atoms with Gasteiger partial charge in [0.1, 0.15) is 6.10 Å². The van der Waals surface area contributed by atoms with Crippen LogP contribution in [0.2, 0.25) is 0 Å². The third-order valence-electron chi connectivity index (χ3n) is 2.18. The molecule has 0 fully saturated rings. The molecule has 0 aliphatic carbocycles. The highest BCUT2D eigenvalue weighted by Crippen LogP contribution is 2.03. The molecule has 0 rings (SSSR count). The molecule has 0 bridgehead atoms. The molecule has 0 saturated heterocycles. The lowest BCUT2D eigenvalue weighted by atomic mass is 10.3. The standard InChI is InChI=1S/C10H19NO4/c1-5-11(6-2)9(12)7(3)15-8(4)10(13)14/h7-8H,5-6H2,1-4H3,(H,13,14). The van der Waals surface area contributed by atoms with Crippen molar-refractivity contribution >= 4 is 11.9 Å². The van der Waals surface area contributed by atoms with Crippen molar-refractivity contribution in [1.82, 2.24) is 4.90 Å². The predicted molar refractivity (Wildman–Crippen MR) is 55.6 cm³/mol. The molecule has 0 saturated carbocycles. The van der Waals surface area contributed by atoms with Gasteiger partial charge in [-0.05, 0) is 27.7 Å². The second kappa shape index (κ2) is 6.40. The Hall–Kier alpha value is -1.10. The van der Waals surface area contributed by atoms with Crippen LogP contribution in [0.5, 0.6) is 0 Å². The minimum absolute atomic E-state index is 0.173. The molecule has 5 nitrogen and oxygen atoms in total. The number of hydrogen-bond donors (Lipinski definition) is 1. The molecule has 0 aromatic heterocycles. The Morgan fingerprint density at radius 2 is 1.67 bits per heavy atom.